The lowest BCUT2D eigenvalue weighted by Crippen LogP contribution is -2.29. The third kappa shape index (κ3) is 6.22. The monoisotopic (exact) mass is 319 g/mol. The smallest absolute Gasteiger partial charge is 0.251 e. The molecule has 0 heterocycles. The van der Waals surface area contributed by atoms with Gasteiger partial charge in [-0.2, -0.15) is 0 Å². The summed E-state index contributed by atoms with van der Waals surface area (Å²) in [6.45, 7) is 4.36. The predicted octanol–water partition coefficient (Wildman–Crippen LogP) is 3.53. The maximum absolute atomic E-state index is 12.1. The van der Waals surface area contributed by atoms with E-state index in [2.05, 4.69) is 5.32 Å². The van der Waals surface area contributed by atoms with Gasteiger partial charge in [-0.05, 0) is 69.2 Å². The predicted molar refractivity (Wildman–Crippen MR) is 91.7 cm³/mol. The van der Waals surface area contributed by atoms with Crippen LogP contribution in [0.15, 0.2) is 24.3 Å². The normalized spacial score (nSPS) is 18.2. The van der Waals surface area contributed by atoms with Crippen LogP contribution in [-0.4, -0.2) is 29.8 Å². The summed E-state index contributed by atoms with van der Waals surface area (Å²) in [4.78, 5) is 12.1. The molecule has 128 valence electrons. The van der Waals surface area contributed by atoms with E-state index in [0.717, 1.165) is 18.6 Å². The van der Waals surface area contributed by atoms with Gasteiger partial charge in [0.15, 0.2) is 0 Å². The Kier molecular flexibility index (Phi) is 6.90. The van der Waals surface area contributed by atoms with Crippen molar-refractivity contribution < 1.29 is 14.6 Å². The Hall–Kier alpha value is -1.55. The first kappa shape index (κ1) is 17.8. The molecule has 1 amide bonds. The quantitative estimate of drug-likeness (QED) is 0.808. The van der Waals surface area contributed by atoms with Gasteiger partial charge >= 0.3 is 0 Å². The summed E-state index contributed by atoms with van der Waals surface area (Å²) >= 11 is 0. The van der Waals surface area contributed by atoms with Crippen molar-refractivity contribution in [1.29, 1.82) is 0 Å². The molecule has 0 bridgehead atoms. The van der Waals surface area contributed by atoms with Crippen LogP contribution in [0.25, 0.3) is 0 Å². The molecule has 4 heteroatoms. The minimum Gasteiger partial charge on any atom is -0.490 e. The second kappa shape index (κ2) is 8.92. The van der Waals surface area contributed by atoms with Crippen LogP contribution in [0.4, 0.5) is 0 Å². The van der Waals surface area contributed by atoms with Gasteiger partial charge in [0.25, 0.3) is 5.91 Å². The highest BCUT2D eigenvalue weighted by atomic mass is 16.5. The summed E-state index contributed by atoms with van der Waals surface area (Å²) in [6, 6.07) is 7.38. The van der Waals surface area contributed by atoms with Crippen molar-refractivity contribution in [3.63, 3.8) is 0 Å². The SMILES string of the molecule is CC(O)CC(C)CNC(=O)c1ccc(OC2CCCCC2)cc1. The molecule has 2 rings (SSSR count). The summed E-state index contributed by atoms with van der Waals surface area (Å²) in [5.41, 5.74) is 0.644. The second-order valence-electron chi connectivity index (χ2n) is 6.80. The first-order chi connectivity index (χ1) is 11.0. The topological polar surface area (TPSA) is 58.6 Å². The lowest BCUT2D eigenvalue weighted by molar-refractivity contribution is 0.0939. The van der Waals surface area contributed by atoms with Crippen molar-refractivity contribution in [2.45, 2.75) is 64.6 Å². The third-order valence-electron chi connectivity index (χ3n) is 4.33. The van der Waals surface area contributed by atoms with E-state index in [9.17, 15) is 9.90 Å². The lowest BCUT2D eigenvalue weighted by atomic mass is 9.98. The second-order valence-corrected chi connectivity index (χ2v) is 6.80. The molecular formula is C19H29NO3. The Morgan fingerprint density at radius 2 is 1.87 bits per heavy atom. The number of carbonyl (C=O) groups excluding carboxylic acids is 1. The Morgan fingerprint density at radius 3 is 2.48 bits per heavy atom. The van der Waals surface area contributed by atoms with E-state index in [-0.39, 0.29) is 17.9 Å². The number of aliphatic hydroxyl groups excluding tert-OH is 1. The molecule has 4 nitrogen and oxygen atoms in total. The van der Waals surface area contributed by atoms with Crippen molar-refractivity contribution in [2.24, 2.45) is 5.92 Å². The number of nitrogens with one attached hydrogen (secondary N) is 1. The summed E-state index contributed by atoms with van der Waals surface area (Å²) in [5, 5.41) is 12.3. The van der Waals surface area contributed by atoms with Crippen molar-refractivity contribution in [3.05, 3.63) is 29.8 Å². The van der Waals surface area contributed by atoms with E-state index in [0.29, 0.717) is 24.6 Å². The zero-order valence-electron chi connectivity index (χ0n) is 14.3. The average molecular weight is 319 g/mol. The van der Waals surface area contributed by atoms with E-state index >= 15 is 0 Å². The molecule has 2 unspecified atom stereocenters. The van der Waals surface area contributed by atoms with Gasteiger partial charge in [0.05, 0.1) is 12.2 Å². The van der Waals surface area contributed by atoms with Gasteiger partial charge in [0.1, 0.15) is 5.75 Å². The van der Waals surface area contributed by atoms with Crippen LogP contribution < -0.4 is 10.1 Å². The fourth-order valence-electron chi connectivity index (χ4n) is 3.09. The molecule has 0 spiro atoms. The fourth-order valence-corrected chi connectivity index (χ4v) is 3.09. The summed E-state index contributed by atoms with van der Waals surface area (Å²) in [6.07, 6.45) is 6.74. The fraction of sp³-hybridized carbons (Fsp3) is 0.632. The zero-order chi connectivity index (χ0) is 16.7. The Labute approximate surface area is 139 Å². The van der Waals surface area contributed by atoms with Gasteiger partial charge in [0.2, 0.25) is 0 Å². The molecule has 0 saturated heterocycles. The number of aliphatic hydroxyl groups is 1. The van der Waals surface area contributed by atoms with Gasteiger partial charge in [-0.1, -0.05) is 13.3 Å². The van der Waals surface area contributed by atoms with Crippen LogP contribution in [0.1, 0.15) is 62.7 Å². The minimum atomic E-state index is -0.335. The molecule has 0 aliphatic heterocycles. The lowest BCUT2D eigenvalue weighted by Gasteiger charge is -2.23. The first-order valence-electron chi connectivity index (χ1n) is 8.77. The maximum Gasteiger partial charge on any atom is 0.251 e. The molecular weight excluding hydrogens is 290 g/mol. The highest BCUT2D eigenvalue weighted by Crippen LogP contribution is 2.23. The Balaban J connectivity index is 1.80. The van der Waals surface area contributed by atoms with E-state index < -0.39 is 0 Å². The first-order valence-corrected chi connectivity index (χ1v) is 8.77. The van der Waals surface area contributed by atoms with Gasteiger partial charge in [0, 0.05) is 12.1 Å². The van der Waals surface area contributed by atoms with Crippen molar-refractivity contribution >= 4 is 5.91 Å². The molecule has 2 atom stereocenters. The van der Waals surface area contributed by atoms with E-state index in [1.807, 2.05) is 31.2 Å². The van der Waals surface area contributed by atoms with Gasteiger partial charge in [-0.15, -0.1) is 0 Å². The van der Waals surface area contributed by atoms with E-state index in [1.54, 1.807) is 6.92 Å². The van der Waals surface area contributed by atoms with Crippen molar-refractivity contribution in [3.8, 4) is 5.75 Å². The maximum atomic E-state index is 12.1. The zero-order valence-corrected chi connectivity index (χ0v) is 14.3. The summed E-state index contributed by atoms with van der Waals surface area (Å²) < 4.78 is 5.97. The van der Waals surface area contributed by atoms with Crippen LogP contribution in [0.3, 0.4) is 0 Å². The minimum absolute atomic E-state index is 0.0772. The molecule has 0 aromatic heterocycles. The largest absolute Gasteiger partial charge is 0.490 e. The molecule has 1 fully saturated rings. The van der Waals surface area contributed by atoms with Crippen LogP contribution in [0.5, 0.6) is 5.75 Å². The van der Waals surface area contributed by atoms with Gasteiger partial charge in [-0.25, -0.2) is 0 Å². The number of carbonyl (C=O) groups is 1. The Bertz CT molecular complexity index is 478. The number of hydrogen-bond donors (Lipinski definition) is 2. The molecule has 2 N–H and O–H groups in total. The summed E-state index contributed by atoms with van der Waals surface area (Å²) in [5.74, 6) is 1.02. The molecule has 0 radical (unpaired) electrons. The van der Waals surface area contributed by atoms with Crippen molar-refractivity contribution in [1.82, 2.24) is 5.32 Å². The molecule has 1 aliphatic carbocycles. The van der Waals surface area contributed by atoms with Gasteiger partial charge < -0.3 is 15.2 Å². The van der Waals surface area contributed by atoms with Crippen LogP contribution in [0.2, 0.25) is 0 Å². The molecule has 1 aliphatic rings. The molecule has 1 aromatic carbocycles. The van der Waals surface area contributed by atoms with Crippen LogP contribution >= 0.6 is 0 Å². The number of amides is 1. The average Bonchev–Trinajstić information content (AvgIpc) is 2.54. The van der Waals surface area contributed by atoms with Crippen LogP contribution in [-0.2, 0) is 0 Å². The third-order valence-corrected chi connectivity index (χ3v) is 4.33. The molecule has 1 saturated carbocycles. The van der Waals surface area contributed by atoms with Crippen LogP contribution in [0, 0.1) is 5.92 Å². The highest BCUT2D eigenvalue weighted by molar-refractivity contribution is 5.94. The molecule has 1 aromatic rings. The molecule has 23 heavy (non-hydrogen) atoms. The highest BCUT2D eigenvalue weighted by Gasteiger charge is 2.15. The van der Waals surface area contributed by atoms with Crippen molar-refractivity contribution in [2.75, 3.05) is 6.54 Å². The standard InChI is InChI=1S/C19H29NO3/c1-14(12-15(2)21)13-20-19(22)16-8-10-18(11-9-16)23-17-6-4-3-5-7-17/h8-11,14-15,17,21H,3-7,12-13H2,1-2H3,(H,20,22). The Morgan fingerprint density at radius 1 is 1.22 bits per heavy atom. The van der Waals surface area contributed by atoms with E-state index in [1.165, 1.54) is 19.3 Å². The number of rotatable bonds is 7. The summed E-state index contributed by atoms with van der Waals surface area (Å²) in [7, 11) is 0. The number of hydrogen-bond acceptors (Lipinski definition) is 3. The van der Waals surface area contributed by atoms with E-state index in [4.69, 9.17) is 4.74 Å². The number of benzene rings is 1. The number of ether oxygens (including phenoxy) is 1. The van der Waals surface area contributed by atoms with Gasteiger partial charge in [-0.3, -0.25) is 4.79 Å².